The van der Waals surface area contributed by atoms with Crippen LogP contribution < -0.4 is 15.4 Å². The van der Waals surface area contributed by atoms with Crippen LogP contribution in [0.4, 0.5) is 11.1 Å². The molecule has 0 aliphatic carbocycles. The summed E-state index contributed by atoms with van der Waals surface area (Å²) in [6.07, 6.45) is 4.69. The molecule has 6 nitrogen and oxygen atoms in total. The maximum Gasteiger partial charge on any atom is 0.222 e. The lowest BCUT2D eigenvalue weighted by Gasteiger charge is -2.05. The maximum atomic E-state index is 4.63. The highest BCUT2D eigenvalue weighted by Crippen LogP contribution is 2.29. The third-order valence-electron chi connectivity index (χ3n) is 3.43. The predicted octanol–water partition coefficient (Wildman–Crippen LogP) is 4.34. The van der Waals surface area contributed by atoms with E-state index in [1.165, 1.54) is 9.60 Å². The minimum absolute atomic E-state index is 0.681. The van der Waals surface area contributed by atoms with E-state index in [0.717, 1.165) is 40.8 Å². The SMILES string of the molecule is CCSc1cnc(NCCCNc2nc3ccc(SNC)cc3s2)nc1. The van der Waals surface area contributed by atoms with Crippen LogP contribution in [-0.4, -0.2) is 40.8 Å². The zero-order valence-electron chi connectivity index (χ0n) is 14.8. The van der Waals surface area contributed by atoms with Crippen LogP contribution in [0.15, 0.2) is 40.4 Å². The van der Waals surface area contributed by atoms with Crippen LogP contribution in [0, 0.1) is 0 Å². The Morgan fingerprint density at radius 2 is 1.88 bits per heavy atom. The number of nitrogens with one attached hydrogen (secondary N) is 3. The second-order valence-electron chi connectivity index (χ2n) is 5.34. The second-order valence-corrected chi connectivity index (χ2v) is 8.79. The Morgan fingerprint density at radius 3 is 2.65 bits per heavy atom. The first-order valence-corrected chi connectivity index (χ1v) is 11.1. The van der Waals surface area contributed by atoms with E-state index in [0.29, 0.717) is 5.95 Å². The molecule has 2 heterocycles. The number of thioether (sulfide) groups is 1. The minimum Gasteiger partial charge on any atom is -0.361 e. The van der Waals surface area contributed by atoms with Gasteiger partial charge in [0.25, 0.3) is 0 Å². The number of benzene rings is 1. The lowest BCUT2D eigenvalue weighted by Crippen LogP contribution is -2.10. The molecule has 0 aliphatic rings. The van der Waals surface area contributed by atoms with Gasteiger partial charge in [-0.3, -0.25) is 4.72 Å². The molecule has 138 valence electrons. The summed E-state index contributed by atoms with van der Waals surface area (Å²) in [6.45, 7) is 3.80. The average Bonchev–Trinajstić information content (AvgIpc) is 3.05. The monoisotopic (exact) mass is 406 g/mol. The molecule has 9 heteroatoms. The number of hydrogen-bond donors (Lipinski definition) is 3. The van der Waals surface area contributed by atoms with E-state index < -0.39 is 0 Å². The lowest BCUT2D eigenvalue weighted by molar-refractivity contribution is 0.891. The second kappa shape index (κ2) is 9.96. The van der Waals surface area contributed by atoms with E-state index in [4.69, 9.17) is 0 Å². The highest BCUT2D eigenvalue weighted by atomic mass is 32.2. The van der Waals surface area contributed by atoms with Gasteiger partial charge in [-0.1, -0.05) is 18.3 Å². The number of rotatable bonds is 10. The molecule has 0 fully saturated rings. The summed E-state index contributed by atoms with van der Waals surface area (Å²) in [5, 5.41) is 7.61. The van der Waals surface area contributed by atoms with E-state index in [1.54, 1.807) is 35.0 Å². The molecule has 0 atom stereocenters. The fourth-order valence-corrected chi connectivity index (χ4v) is 4.44. The molecule has 0 saturated carbocycles. The van der Waals surface area contributed by atoms with Crippen molar-refractivity contribution in [1.29, 1.82) is 0 Å². The first kappa shape index (κ1) is 19.2. The quantitative estimate of drug-likeness (QED) is 0.261. The number of thiazole rings is 1. The average molecular weight is 407 g/mol. The zero-order chi connectivity index (χ0) is 18.2. The standard InChI is InChI=1S/C17H22N6S3/c1-3-24-13-10-21-16(22-11-13)19-7-4-8-20-17-23-14-6-5-12(26-18-2)9-15(14)25-17/h5-6,9-11,18H,3-4,7-8H2,1-2H3,(H,20,23)(H,19,21,22). The molecular weight excluding hydrogens is 384 g/mol. The Bertz CT molecular complexity index is 821. The van der Waals surface area contributed by atoms with Crippen molar-refractivity contribution >= 4 is 56.3 Å². The number of fused-ring (bicyclic) bond motifs is 1. The number of nitrogens with zero attached hydrogens (tertiary/aromatic N) is 3. The number of hydrogen-bond acceptors (Lipinski definition) is 9. The van der Waals surface area contributed by atoms with Gasteiger partial charge in [0, 0.05) is 35.3 Å². The van der Waals surface area contributed by atoms with E-state index >= 15 is 0 Å². The molecule has 0 radical (unpaired) electrons. The van der Waals surface area contributed by atoms with Crippen LogP contribution in [0.3, 0.4) is 0 Å². The van der Waals surface area contributed by atoms with Crippen LogP contribution in [0.1, 0.15) is 13.3 Å². The molecule has 0 saturated heterocycles. The van der Waals surface area contributed by atoms with Crippen molar-refractivity contribution in [2.24, 2.45) is 0 Å². The van der Waals surface area contributed by atoms with Crippen LogP contribution >= 0.6 is 35.0 Å². The van der Waals surface area contributed by atoms with Gasteiger partial charge in [-0.25, -0.2) is 15.0 Å². The zero-order valence-corrected chi connectivity index (χ0v) is 17.2. The van der Waals surface area contributed by atoms with Gasteiger partial charge in [-0.2, -0.15) is 0 Å². The Balaban J connectivity index is 1.42. The van der Waals surface area contributed by atoms with Crippen LogP contribution in [0.2, 0.25) is 0 Å². The summed E-state index contributed by atoms with van der Waals surface area (Å²) < 4.78 is 4.29. The van der Waals surface area contributed by atoms with Gasteiger partial charge in [-0.05, 0) is 49.4 Å². The molecule has 3 N–H and O–H groups in total. The highest BCUT2D eigenvalue weighted by molar-refractivity contribution is 7.99. The number of anilines is 2. The number of aromatic nitrogens is 3. The molecule has 0 bridgehead atoms. The van der Waals surface area contributed by atoms with Gasteiger partial charge in [0.2, 0.25) is 5.95 Å². The van der Waals surface area contributed by atoms with E-state index in [-0.39, 0.29) is 0 Å². The lowest BCUT2D eigenvalue weighted by atomic mass is 10.3. The molecule has 1 aromatic carbocycles. The van der Waals surface area contributed by atoms with Crippen LogP contribution in [0.5, 0.6) is 0 Å². The maximum absolute atomic E-state index is 4.63. The van der Waals surface area contributed by atoms with Crippen molar-refractivity contribution < 1.29 is 0 Å². The van der Waals surface area contributed by atoms with Gasteiger partial charge >= 0.3 is 0 Å². The van der Waals surface area contributed by atoms with Crippen molar-refractivity contribution in [2.45, 2.75) is 23.1 Å². The highest BCUT2D eigenvalue weighted by Gasteiger charge is 2.05. The van der Waals surface area contributed by atoms with Gasteiger partial charge in [0.05, 0.1) is 10.2 Å². The van der Waals surface area contributed by atoms with Gasteiger partial charge in [0.1, 0.15) is 0 Å². The smallest absolute Gasteiger partial charge is 0.222 e. The summed E-state index contributed by atoms with van der Waals surface area (Å²) in [7, 11) is 1.92. The third kappa shape index (κ3) is 5.47. The van der Waals surface area contributed by atoms with Crippen molar-refractivity contribution in [1.82, 2.24) is 19.7 Å². The molecule has 2 aromatic heterocycles. The molecule has 0 aliphatic heterocycles. The molecule has 0 spiro atoms. The van der Waals surface area contributed by atoms with Crippen molar-refractivity contribution in [3.05, 3.63) is 30.6 Å². The van der Waals surface area contributed by atoms with E-state index in [1.807, 2.05) is 19.4 Å². The Labute approximate surface area is 166 Å². The Hall–Kier alpha value is -1.55. The summed E-state index contributed by atoms with van der Waals surface area (Å²) in [4.78, 5) is 15.6. The Kier molecular flexibility index (Phi) is 7.36. The fourth-order valence-electron chi connectivity index (χ4n) is 2.29. The first-order valence-electron chi connectivity index (χ1n) is 8.45. The Morgan fingerprint density at radius 1 is 1.08 bits per heavy atom. The van der Waals surface area contributed by atoms with Crippen molar-refractivity contribution in [2.75, 3.05) is 36.5 Å². The molecule has 3 aromatic rings. The fraction of sp³-hybridized carbons (Fsp3) is 0.353. The summed E-state index contributed by atoms with van der Waals surface area (Å²) in [5.41, 5.74) is 1.04. The van der Waals surface area contributed by atoms with Crippen LogP contribution in [-0.2, 0) is 0 Å². The van der Waals surface area contributed by atoms with E-state index in [2.05, 4.69) is 55.4 Å². The van der Waals surface area contributed by atoms with Crippen LogP contribution in [0.25, 0.3) is 10.2 Å². The van der Waals surface area contributed by atoms with Gasteiger partial charge in [0.15, 0.2) is 5.13 Å². The summed E-state index contributed by atoms with van der Waals surface area (Å²) in [6, 6.07) is 6.32. The molecule has 3 rings (SSSR count). The first-order chi connectivity index (χ1) is 12.8. The normalized spacial score (nSPS) is 11.0. The van der Waals surface area contributed by atoms with Crippen molar-refractivity contribution in [3.8, 4) is 0 Å². The minimum atomic E-state index is 0.681. The third-order valence-corrected chi connectivity index (χ3v) is 5.93. The van der Waals surface area contributed by atoms with E-state index in [9.17, 15) is 0 Å². The van der Waals surface area contributed by atoms with Gasteiger partial charge in [-0.15, -0.1) is 11.8 Å². The molecular formula is C17H22N6S3. The predicted molar refractivity (Wildman–Crippen MR) is 115 cm³/mol. The molecule has 26 heavy (non-hydrogen) atoms. The van der Waals surface area contributed by atoms with Crippen molar-refractivity contribution in [3.63, 3.8) is 0 Å². The topological polar surface area (TPSA) is 74.8 Å². The summed E-state index contributed by atoms with van der Waals surface area (Å²) >= 11 is 5.04. The largest absolute Gasteiger partial charge is 0.361 e. The van der Waals surface area contributed by atoms with Gasteiger partial charge < -0.3 is 10.6 Å². The molecule has 0 amide bonds. The summed E-state index contributed by atoms with van der Waals surface area (Å²) in [5.74, 6) is 1.71. The molecule has 0 unspecified atom stereocenters.